The second-order valence-electron chi connectivity index (χ2n) is 6.73. The number of rotatable bonds is 4. The van der Waals surface area contributed by atoms with Crippen LogP contribution >= 0.6 is 0 Å². The molecule has 5 nitrogen and oxygen atoms in total. The lowest BCUT2D eigenvalue weighted by Crippen LogP contribution is -2.35. The Morgan fingerprint density at radius 1 is 1.14 bits per heavy atom. The molecule has 2 fully saturated rings. The minimum absolute atomic E-state index is 0.716. The topological polar surface area (TPSA) is 41.7 Å². The maximum absolute atomic E-state index is 5.59. The van der Waals surface area contributed by atoms with Gasteiger partial charge in [-0.25, -0.2) is 0 Å². The van der Waals surface area contributed by atoms with Gasteiger partial charge in [-0.05, 0) is 38.3 Å². The molecule has 21 heavy (non-hydrogen) atoms. The van der Waals surface area contributed by atoms with Crippen molar-refractivity contribution in [2.24, 2.45) is 5.92 Å². The van der Waals surface area contributed by atoms with Crippen LogP contribution in [0.3, 0.4) is 0 Å². The molecular weight excluding hydrogens is 266 g/mol. The largest absolute Gasteiger partial charge is 0.381 e. The lowest BCUT2D eigenvalue weighted by molar-refractivity contribution is 0.159. The minimum Gasteiger partial charge on any atom is -0.381 e. The van der Waals surface area contributed by atoms with Crippen LogP contribution in [0.1, 0.15) is 36.3 Å². The highest BCUT2D eigenvalue weighted by Crippen LogP contribution is 2.26. The van der Waals surface area contributed by atoms with Crippen LogP contribution in [0.25, 0.3) is 0 Å². The van der Waals surface area contributed by atoms with Gasteiger partial charge in [-0.2, -0.15) is 0 Å². The molecule has 3 aliphatic heterocycles. The van der Waals surface area contributed by atoms with Crippen LogP contribution in [0, 0.1) is 5.92 Å². The Morgan fingerprint density at radius 3 is 2.86 bits per heavy atom. The Hall–Kier alpha value is -0.910. The summed E-state index contributed by atoms with van der Waals surface area (Å²) in [7, 11) is 0. The first-order valence-electron chi connectivity index (χ1n) is 8.37. The number of fused-ring (bicyclic) bond motifs is 1. The van der Waals surface area contributed by atoms with E-state index in [9.17, 15) is 0 Å². The highest BCUT2D eigenvalue weighted by Gasteiger charge is 2.28. The number of aromatic nitrogens is 1. The van der Waals surface area contributed by atoms with Gasteiger partial charge >= 0.3 is 0 Å². The van der Waals surface area contributed by atoms with Gasteiger partial charge in [0.25, 0.3) is 0 Å². The standard InChI is InChI=1S/C16H25N3O2/c1-2-6-18(5-1)11-15-14-10-19(7-3-16(14)21-17-15)9-13-4-8-20-12-13/h13H,1-12H2/t13-/m1/s1. The lowest BCUT2D eigenvalue weighted by Gasteiger charge is -2.28. The van der Waals surface area contributed by atoms with Crippen molar-refractivity contribution in [1.29, 1.82) is 0 Å². The van der Waals surface area contributed by atoms with E-state index in [1.807, 2.05) is 0 Å². The van der Waals surface area contributed by atoms with Crippen LogP contribution in [0.5, 0.6) is 0 Å². The molecule has 1 aromatic heterocycles. The monoisotopic (exact) mass is 291 g/mol. The summed E-state index contributed by atoms with van der Waals surface area (Å²) in [6.45, 7) is 8.55. The zero-order valence-corrected chi connectivity index (χ0v) is 12.7. The molecule has 4 rings (SSSR count). The van der Waals surface area contributed by atoms with E-state index in [2.05, 4.69) is 15.0 Å². The van der Waals surface area contributed by atoms with Crippen LogP contribution in [0.15, 0.2) is 4.52 Å². The number of nitrogens with zero attached hydrogens (tertiary/aromatic N) is 3. The van der Waals surface area contributed by atoms with Crippen molar-refractivity contribution in [1.82, 2.24) is 15.0 Å². The van der Waals surface area contributed by atoms with Gasteiger partial charge in [-0.15, -0.1) is 0 Å². The molecule has 2 saturated heterocycles. The van der Waals surface area contributed by atoms with Crippen LogP contribution in [0.2, 0.25) is 0 Å². The van der Waals surface area contributed by atoms with Crippen molar-refractivity contribution in [2.45, 2.75) is 38.8 Å². The van der Waals surface area contributed by atoms with E-state index in [1.54, 1.807) is 0 Å². The Bertz CT molecular complexity index is 476. The zero-order chi connectivity index (χ0) is 14.1. The van der Waals surface area contributed by atoms with E-state index in [4.69, 9.17) is 9.26 Å². The molecule has 0 spiro atoms. The van der Waals surface area contributed by atoms with Gasteiger partial charge in [-0.1, -0.05) is 5.16 Å². The lowest BCUT2D eigenvalue weighted by atomic mass is 10.0. The molecular formula is C16H25N3O2. The molecule has 0 saturated carbocycles. The summed E-state index contributed by atoms with van der Waals surface area (Å²) in [6.07, 6.45) is 4.88. The smallest absolute Gasteiger partial charge is 0.142 e. The number of ether oxygens (including phenoxy) is 1. The molecule has 4 heterocycles. The summed E-state index contributed by atoms with van der Waals surface area (Å²) in [5, 5.41) is 4.36. The minimum atomic E-state index is 0.716. The molecule has 3 aliphatic rings. The molecule has 0 bridgehead atoms. The third-order valence-electron chi connectivity index (χ3n) is 5.10. The van der Waals surface area contributed by atoms with Gasteiger partial charge in [0.1, 0.15) is 11.5 Å². The summed E-state index contributed by atoms with van der Waals surface area (Å²) in [6, 6.07) is 0. The quantitative estimate of drug-likeness (QED) is 0.844. The average molecular weight is 291 g/mol. The zero-order valence-electron chi connectivity index (χ0n) is 12.7. The SMILES string of the molecule is C1CCN(Cc2noc3c2CN(C[C@H]2CCOC2)CC3)C1. The fourth-order valence-corrected chi connectivity index (χ4v) is 3.84. The van der Waals surface area contributed by atoms with E-state index < -0.39 is 0 Å². The predicted octanol–water partition coefficient (Wildman–Crippen LogP) is 1.66. The molecule has 0 aliphatic carbocycles. The fourth-order valence-electron chi connectivity index (χ4n) is 3.84. The van der Waals surface area contributed by atoms with E-state index >= 15 is 0 Å². The Morgan fingerprint density at radius 2 is 2.05 bits per heavy atom. The van der Waals surface area contributed by atoms with Crippen molar-refractivity contribution in [2.75, 3.05) is 39.4 Å². The Balaban J connectivity index is 1.41. The summed E-state index contributed by atoms with van der Waals surface area (Å²) in [5.41, 5.74) is 2.55. The van der Waals surface area contributed by atoms with Gasteiger partial charge in [0.15, 0.2) is 0 Å². The first-order valence-corrected chi connectivity index (χ1v) is 8.37. The Kier molecular flexibility index (Phi) is 3.97. The van der Waals surface area contributed by atoms with E-state index in [-0.39, 0.29) is 0 Å². The highest BCUT2D eigenvalue weighted by molar-refractivity contribution is 5.25. The number of hydrogen-bond acceptors (Lipinski definition) is 5. The van der Waals surface area contributed by atoms with Crippen LogP contribution in [0.4, 0.5) is 0 Å². The molecule has 0 radical (unpaired) electrons. The van der Waals surface area contributed by atoms with E-state index in [0.29, 0.717) is 5.92 Å². The third kappa shape index (κ3) is 3.00. The third-order valence-corrected chi connectivity index (χ3v) is 5.10. The van der Waals surface area contributed by atoms with Crippen molar-refractivity contribution in [3.63, 3.8) is 0 Å². The van der Waals surface area contributed by atoms with Gasteiger partial charge in [0, 0.05) is 44.8 Å². The molecule has 0 amide bonds. The van der Waals surface area contributed by atoms with Crippen molar-refractivity contribution >= 4 is 0 Å². The van der Waals surface area contributed by atoms with Gasteiger partial charge in [0.05, 0.1) is 6.61 Å². The molecule has 116 valence electrons. The average Bonchev–Trinajstić information content (AvgIpc) is 3.22. The first-order chi connectivity index (χ1) is 10.4. The van der Waals surface area contributed by atoms with E-state index in [0.717, 1.165) is 51.6 Å². The maximum Gasteiger partial charge on any atom is 0.142 e. The molecule has 5 heteroatoms. The fraction of sp³-hybridized carbons (Fsp3) is 0.812. The first kappa shape index (κ1) is 13.7. The number of hydrogen-bond donors (Lipinski definition) is 0. The predicted molar refractivity (Wildman–Crippen MR) is 78.9 cm³/mol. The van der Waals surface area contributed by atoms with Gasteiger partial charge in [0.2, 0.25) is 0 Å². The molecule has 1 aromatic rings. The van der Waals surface area contributed by atoms with Gasteiger partial charge < -0.3 is 9.26 Å². The normalized spacial score (nSPS) is 27.3. The van der Waals surface area contributed by atoms with Crippen molar-refractivity contribution in [3.8, 4) is 0 Å². The summed E-state index contributed by atoms with van der Waals surface area (Å²) in [5.74, 6) is 1.84. The highest BCUT2D eigenvalue weighted by atomic mass is 16.5. The second-order valence-corrected chi connectivity index (χ2v) is 6.73. The van der Waals surface area contributed by atoms with Crippen LogP contribution in [-0.2, 0) is 24.2 Å². The maximum atomic E-state index is 5.59. The summed E-state index contributed by atoms with van der Waals surface area (Å²) < 4.78 is 11.1. The molecule has 0 unspecified atom stereocenters. The van der Waals surface area contributed by atoms with Crippen molar-refractivity contribution < 1.29 is 9.26 Å². The van der Waals surface area contributed by atoms with Crippen LogP contribution in [-0.4, -0.2) is 54.3 Å². The van der Waals surface area contributed by atoms with E-state index in [1.165, 1.54) is 43.6 Å². The molecule has 1 atom stereocenters. The van der Waals surface area contributed by atoms with Gasteiger partial charge in [-0.3, -0.25) is 9.80 Å². The molecule has 0 N–H and O–H groups in total. The Labute approximate surface area is 126 Å². The van der Waals surface area contributed by atoms with Crippen LogP contribution < -0.4 is 0 Å². The summed E-state index contributed by atoms with van der Waals surface area (Å²) in [4.78, 5) is 5.06. The molecule has 0 aromatic carbocycles. The summed E-state index contributed by atoms with van der Waals surface area (Å²) >= 11 is 0. The number of likely N-dealkylation sites (tertiary alicyclic amines) is 1. The second kappa shape index (κ2) is 6.07. The van der Waals surface area contributed by atoms with Crippen molar-refractivity contribution in [3.05, 3.63) is 17.0 Å².